The fraction of sp³-hybridized carbons (Fsp3) is 0.500. The van der Waals surface area contributed by atoms with E-state index in [0.717, 1.165) is 21.8 Å². The van der Waals surface area contributed by atoms with Crippen molar-refractivity contribution in [2.24, 2.45) is 5.92 Å². The predicted molar refractivity (Wildman–Crippen MR) is 88.3 cm³/mol. The van der Waals surface area contributed by atoms with Crippen molar-refractivity contribution in [1.82, 2.24) is 14.1 Å². The normalized spacial score (nSPS) is 16.2. The summed E-state index contributed by atoms with van der Waals surface area (Å²) in [7, 11) is -0.573. The van der Waals surface area contributed by atoms with Crippen LogP contribution in [0.5, 0.6) is 0 Å². The molecule has 1 aliphatic rings. The minimum absolute atomic E-state index is 0.403. The average Bonchev–Trinajstić information content (AvgIpc) is 2.70. The Morgan fingerprint density at radius 3 is 2.73 bits per heavy atom. The first-order valence-corrected chi connectivity index (χ1v) is 9.05. The van der Waals surface area contributed by atoms with Gasteiger partial charge in [-0.3, -0.25) is 9.40 Å². The third-order valence-electron chi connectivity index (χ3n) is 4.09. The van der Waals surface area contributed by atoms with E-state index < -0.39 is 10.2 Å². The van der Waals surface area contributed by atoms with Crippen LogP contribution in [0.15, 0.2) is 18.2 Å². The lowest BCUT2D eigenvalue weighted by molar-refractivity contribution is 0.270. The van der Waals surface area contributed by atoms with Gasteiger partial charge >= 0.3 is 10.2 Å². The van der Waals surface area contributed by atoms with Crippen molar-refractivity contribution in [3.63, 3.8) is 0 Å². The Bertz CT molecular complexity index is 797. The largest absolute Gasteiger partial charge is 0.301 e. The van der Waals surface area contributed by atoms with Gasteiger partial charge in [0.1, 0.15) is 0 Å². The molecule has 0 atom stereocenters. The van der Waals surface area contributed by atoms with Gasteiger partial charge in [0.15, 0.2) is 5.15 Å². The second-order valence-electron chi connectivity index (χ2n) is 5.89. The third-order valence-corrected chi connectivity index (χ3v) is 5.82. The van der Waals surface area contributed by atoms with Crippen LogP contribution in [-0.2, 0) is 16.8 Å². The van der Waals surface area contributed by atoms with Crippen LogP contribution >= 0.6 is 11.6 Å². The first kappa shape index (κ1) is 15.6. The predicted octanol–water partition coefficient (Wildman–Crippen LogP) is 2.71. The molecule has 1 heterocycles. The molecule has 120 valence electrons. The van der Waals surface area contributed by atoms with Crippen LogP contribution in [0.25, 0.3) is 10.9 Å². The Morgan fingerprint density at radius 2 is 2.14 bits per heavy atom. The van der Waals surface area contributed by atoms with Gasteiger partial charge in [-0.2, -0.15) is 17.8 Å². The molecule has 0 amide bonds. The first-order valence-electron chi connectivity index (χ1n) is 7.23. The zero-order chi connectivity index (χ0) is 15.9. The van der Waals surface area contributed by atoms with E-state index in [0.29, 0.717) is 16.8 Å². The Morgan fingerprint density at radius 1 is 1.41 bits per heavy atom. The van der Waals surface area contributed by atoms with E-state index in [4.69, 9.17) is 11.6 Å². The van der Waals surface area contributed by atoms with Gasteiger partial charge in [0.25, 0.3) is 0 Å². The van der Waals surface area contributed by atoms with Crippen molar-refractivity contribution in [2.45, 2.75) is 25.8 Å². The highest BCUT2D eigenvalue weighted by Crippen LogP contribution is 2.31. The number of halogens is 1. The number of nitrogens with zero attached hydrogens (tertiary/aromatic N) is 3. The molecule has 0 unspecified atom stereocenters. The van der Waals surface area contributed by atoms with Crippen molar-refractivity contribution < 1.29 is 8.42 Å². The molecule has 1 fully saturated rings. The maximum absolute atomic E-state index is 11.9. The molecule has 1 aromatic carbocycles. The Labute approximate surface area is 135 Å². The summed E-state index contributed by atoms with van der Waals surface area (Å²) < 4.78 is 29.3. The van der Waals surface area contributed by atoms with E-state index in [2.05, 4.69) is 9.82 Å². The zero-order valence-corrected chi connectivity index (χ0v) is 14.2. The van der Waals surface area contributed by atoms with Gasteiger partial charge < -0.3 is 0 Å². The number of rotatable bonds is 5. The summed E-state index contributed by atoms with van der Waals surface area (Å²) in [6, 6.07) is 5.32. The molecule has 8 heteroatoms. The minimum Gasteiger partial charge on any atom is -0.271 e. The van der Waals surface area contributed by atoms with Gasteiger partial charge in [-0.05, 0) is 37.0 Å². The molecule has 0 saturated heterocycles. The van der Waals surface area contributed by atoms with Crippen molar-refractivity contribution in [3.05, 3.63) is 23.4 Å². The number of aromatic nitrogens is 2. The number of hydrogen-bond acceptors (Lipinski definition) is 3. The van der Waals surface area contributed by atoms with Crippen LogP contribution in [0.2, 0.25) is 5.15 Å². The molecule has 0 bridgehead atoms. The highest BCUT2D eigenvalue weighted by molar-refractivity contribution is 7.90. The van der Waals surface area contributed by atoms with E-state index in [1.807, 2.05) is 10.7 Å². The monoisotopic (exact) mass is 342 g/mol. The molecule has 0 radical (unpaired) electrons. The van der Waals surface area contributed by atoms with E-state index in [-0.39, 0.29) is 0 Å². The fourth-order valence-electron chi connectivity index (χ4n) is 2.50. The standard InChI is InChI=1S/C14H19ClN4O2S/c1-18(2)22(20,21)17-11-6-7-13-12(8-11)14(15)16-19(13)9-10-4-3-5-10/h6-8,10,17H,3-5,9H2,1-2H3. The van der Waals surface area contributed by atoms with Crippen LogP contribution in [0.1, 0.15) is 19.3 Å². The lowest BCUT2D eigenvalue weighted by Gasteiger charge is -2.25. The van der Waals surface area contributed by atoms with E-state index in [1.165, 1.54) is 33.4 Å². The van der Waals surface area contributed by atoms with E-state index >= 15 is 0 Å². The highest BCUT2D eigenvalue weighted by atomic mass is 35.5. The van der Waals surface area contributed by atoms with Gasteiger partial charge in [0.2, 0.25) is 0 Å². The molecule has 1 aromatic heterocycles. The third kappa shape index (κ3) is 2.93. The van der Waals surface area contributed by atoms with Crippen LogP contribution < -0.4 is 4.72 Å². The van der Waals surface area contributed by atoms with E-state index in [1.54, 1.807) is 12.1 Å². The molecule has 1 N–H and O–H groups in total. The number of benzene rings is 1. The summed E-state index contributed by atoms with van der Waals surface area (Å²) in [6.07, 6.45) is 3.76. The Balaban J connectivity index is 1.91. The summed E-state index contributed by atoms with van der Waals surface area (Å²) in [6.45, 7) is 0.867. The van der Waals surface area contributed by atoms with Crippen LogP contribution in [0.4, 0.5) is 5.69 Å². The number of hydrogen-bond donors (Lipinski definition) is 1. The summed E-state index contributed by atoms with van der Waals surface area (Å²) >= 11 is 6.21. The van der Waals surface area contributed by atoms with Gasteiger partial charge in [-0.1, -0.05) is 18.0 Å². The molecule has 0 spiro atoms. The van der Waals surface area contributed by atoms with Crippen molar-refractivity contribution in [2.75, 3.05) is 18.8 Å². The summed E-state index contributed by atoms with van der Waals surface area (Å²) in [5, 5.41) is 5.55. The van der Waals surface area contributed by atoms with Crippen LogP contribution in [0.3, 0.4) is 0 Å². The summed E-state index contributed by atoms with van der Waals surface area (Å²) in [5.41, 5.74) is 1.41. The number of anilines is 1. The highest BCUT2D eigenvalue weighted by Gasteiger charge is 2.20. The average molecular weight is 343 g/mol. The zero-order valence-electron chi connectivity index (χ0n) is 12.6. The first-order chi connectivity index (χ1) is 10.4. The maximum atomic E-state index is 11.9. The lowest BCUT2D eigenvalue weighted by atomic mass is 9.85. The van der Waals surface area contributed by atoms with Gasteiger partial charge in [-0.25, -0.2) is 0 Å². The van der Waals surface area contributed by atoms with E-state index in [9.17, 15) is 8.42 Å². The quantitative estimate of drug-likeness (QED) is 0.908. The van der Waals surface area contributed by atoms with Crippen LogP contribution in [0, 0.1) is 5.92 Å². The maximum Gasteiger partial charge on any atom is 0.301 e. The topological polar surface area (TPSA) is 67.2 Å². The Kier molecular flexibility index (Phi) is 4.05. The van der Waals surface area contributed by atoms with Gasteiger partial charge in [0, 0.05) is 26.0 Å². The molecule has 6 nitrogen and oxygen atoms in total. The smallest absolute Gasteiger partial charge is 0.271 e. The lowest BCUT2D eigenvalue weighted by Crippen LogP contribution is -2.28. The molecule has 1 saturated carbocycles. The van der Waals surface area contributed by atoms with Crippen LogP contribution in [-0.4, -0.2) is 36.6 Å². The summed E-state index contributed by atoms with van der Waals surface area (Å²) in [5.74, 6) is 0.672. The second kappa shape index (κ2) is 5.72. The molecule has 22 heavy (non-hydrogen) atoms. The molecule has 1 aliphatic carbocycles. The molecule has 2 aromatic rings. The van der Waals surface area contributed by atoms with Gasteiger partial charge in [-0.15, -0.1) is 0 Å². The molecular weight excluding hydrogens is 324 g/mol. The SMILES string of the molecule is CN(C)S(=O)(=O)Nc1ccc2c(c1)c(Cl)nn2CC1CCC1. The fourth-order valence-corrected chi connectivity index (χ4v) is 3.35. The second-order valence-corrected chi connectivity index (χ2v) is 8.13. The van der Waals surface area contributed by atoms with Crippen molar-refractivity contribution in [3.8, 4) is 0 Å². The van der Waals surface area contributed by atoms with Crippen molar-refractivity contribution in [1.29, 1.82) is 0 Å². The summed E-state index contributed by atoms with van der Waals surface area (Å²) in [4.78, 5) is 0. The number of fused-ring (bicyclic) bond motifs is 1. The Hall–Kier alpha value is -1.31. The van der Waals surface area contributed by atoms with Crippen molar-refractivity contribution >= 4 is 38.4 Å². The molecular formula is C14H19ClN4O2S. The molecule has 0 aliphatic heterocycles. The van der Waals surface area contributed by atoms with Gasteiger partial charge in [0.05, 0.1) is 11.2 Å². The molecule has 3 rings (SSSR count). The minimum atomic E-state index is -3.53. The number of nitrogens with one attached hydrogen (secondary N) is 1.